The second-order valence-electron chi connectivity index (χ2n) is 19.3. The van der Waals surface area contributed by atoms with Gasteiger partial charge < -0.3 is 20.9 Å². The van der Waals surface area contributed by atoms with Crippen molar-refractivity contribution in [3.63, 3.8) is 0 Å². The first kappa shape index (κ1) is 47.2. The molecule has 4 heterocycles. The van der Waals surface area contributed by atoms with E-state index in [1.54, 1.807) is 0 Å². The van der Waals surface area contributed by atoms with Crippen LogP contribution in [0.3, 0.4) is 0 Å². The number of hydrogen-bond donors (Lipinski definition) is 3. The van der Waals surface area contributed by atoms with Crippen molar-refractivity contribution in [2.45, 2.75) is 6.42 Å². The van der Waals surface area contributed by atoms with E-state index < -0.39 is 0 Å². The molecule has 0 saturated carbocycles. The van der Waals surface area contributed by atoms with E-state index in [2.05, 4.69) is 278 Å². The SMILES string of the molecule is C=C/C(=C\C(=C/Cc1cccc(C2=CNCC(c3cccc(-c4cc(-c5cccc(C6=CNCC=C6)c5)cc(-c5cccc(C6=CN(C)CC=C6)c5)c4)c3)=C2)c1)c1cccc(C2=CC=CNC2)c1)c1ccccc1. The summed E-state index contributed by atoms with van der Waals surface area (Å²) in [5.41, 5.74) is 25.0. The maximum absolute atomic E-state index is 4.22. The zero-order valence-electron chi connectivity index (χ0n) is 41.9. The molecular weight excluding hydrogens is 897 g/mol. The van der Waals surface area contributed by atoms with Crippen LogP contribution in [0, 0.1) is 0 Å². The van der Waals surface area contributed by atoms with E-state index in [9.17, 15) is 0 Å². The van der Waals surface area contributed by atoms with Crippen molar-refractivity contribution in [2.75, 3.05) is 33.2 Å². The van der Waals surface area contributed by atoms with Gasteiger partial charge in [0.25, 0.3) is 0 Å². The highest BCUT2D eigenvalue weighted by atomic mass is 15.1. The first-order valence-corrected chi connectivity index (χ1v) is 25.7. The average molecular weight is 957 g/mol. The molecule has 0 spiro atoms. The van der Waals surface area contributed by atoms with Crippen LogP contribution in [-0.4, -0.2) is 38.1 Å². The molecule has 4 aliphatic heterocycles. The van der Waals surface area contributed by atoms with Crippen LogP contribution >= 0.6 is 0 Å². The molecular formula is C70H60N4. The van der Waals surface area contributed by atoms with E-state index in [1.807, 2.05) is 12.3 Å². The van der Waals surface area contributed by atoms with E-state index in [0.717, 1.165) is 54.9 Å². The van der Waals surface area contributed by atoms with Gasteiger partial charge in [0.15, 0.2) is 0 Å². The molecule has 0 fully saturated rings. The van der Waals surface area contributed by atoms with Crippen LogP contribution in [0.1, 0.15) is 44.5 Å². The fourth-order valence-corrected chi connectivity index (χ4v) is 10.2. The van der Waals surface area contributed by atoms with Crippen LogP contribution in [0.25, 0.3) is 72.4 Å². The summed E-state index contributed by atoms with van der Waals surface area (Å²) in [6.45, 7) is 7.54. The van der Waals surface area contributed by atoms with Gasteiger partial charge in [0.05, 0.1) is 0 Å². The molecule has 11 rings (SSSR count). The monoisotopic (exact) mass is 956 g/mol. The highest BCUT2D eigenvalue weighted by Gasteiger charge is 2.15. The van der Waals surface area contributed by atoms with Crippen molar-refractivity contribution in [1.82, 2.24) is 20.9 Å². The zero-order chi connectivity index (χ0) is 50.1. The molecule has 7 aromatic carbocycles. The normalized spacial score (nSPS) is 15.4. The molecule has 0 amide bonds. The Labute approximate surface area is 437 Å². The fraction of sp³-hybridized carbons (Fsp3) is 0.0857. The molecule has 0 aliphatic carbocycles. The Hall–Kier alpha value is -9.12. The van der Waals surface area contributed by atoms with Gasteiger partial charge in [0, 0.05) is 51.8 Å². The molecule has 0 bridgehead atoms. The summed E-state index contributed by atoms with van der Waals surface area (Å²) in [5, 5.41) is 10.4. The van der Waals surface area contributed by atoms with Crippen molar-refractivity contribution < 1.29 is 0 Å². The number of dihydropyridines is 3. The van der Waals surface area contributed by atoms with Gasteiger partial charge in [-0.05, 0) is 190 Å². The number of benzene rings is 7. The van der Waals surface area contributed by atoms with Gasteiger partial charge in [-0.2, -0.15) is 0 Å². The smallest absolute Gasteiger partial charge is 0.0401 e. The maximum atomic E-state index is 4.22. The van der Waals surface area contributed by atoms with Crippen molar-refractivity contribution >= 4 is 39.0 Å². The highest BCUT2D eigenvalue weighted by Crippen LogP contribution is 2.37. The molecule has 0 atom stereocenters. The van der Waals surface area contributed by atoms with E-state index in [0.29, 0.717) is 0 Å². The van der Waals surface area contributed by atoms with Gasteiger partial charge in [-0.25, -0.2) is 0 Å². The minimum Gasteiger partial charge on any atom is -0.387 e. The molecule has 0 unspecified atom stereocenters. The van der Waals surface area contributed by atoms with Gasteiger partial charge in [-0.1, -0.05) is 177 Å². The number of allylic oxidation sites excluding steroid dienone is 13. The Balaban J connectivity index is 0.909. The fourth-order valence-electron chi connectivity index (χ4n) is 10.2. The van der Waals surface area contributed by atoms with Gasteiger partial charge in [0.1, 0.15) is 0 Å². The van der Waals surface area contributed by atoms with Crippen molar-refractivity contribution in [1.29, 1.82) is 0 Å². The summed E-state index contributed by atoms with van der Waals surface area (Å²) < 4.78 is 0. The summed E-state index contributed by atoms with van der Waals surface area (Å²) in [6, 6.07) is 62.4. The lowest BCUT2D eigenvalue weighted by atomic mass is 9.89. The molecule has 3 N–H and O–H groups in total. The Bertz CT molecular complexity index is 3580. The molecule has 0 saturated heterocycles. The zero-order valence-corrected chi connectivity index (χ0v) is 41.9. The second-order valence-corrected chi connectivity index (χ2v) is 19.3. The molecule has 0 radical (unpaired) electrons. The Morgan fingerprint density at radius 3 is 1.77 bits per heavy atom. The largest absolute Gasteiger partial charge is 0.387 e. The molecule has 4 heteroatoms. The Morgan fingerprint density at radius 1 is 0.514 bits per heavy atom. The van der Waals surface area contributed by atoms with Crippen LogP contribution in [0.4, 0.5) is 0 Å². The molecule has 7 aromatic rings. The third kappa shape index (κ3) is 11.0. The Kier molecular flexibility index (Phi) is 14.1. The topological polar surface area (TPSA) is 39.3 Å². The molecule has 4 nitrogen and oxygen atoms in total. The van der Waals surface area contributed by atoms with Gasteiger partial charge in [0.2, 0.25) is 0 Å². The van der Waals surface area contributed by atoms with Crippen LogP contribution in [0.2, 0.25) is 0 Å². The van der Waals surface area contributed by atoms with Crippen LogP contribution < -0.4 is 16.0 Å². The summed E-state index contributed by atoms with van der Waals surface area (Å²) >= 11 is 0. The van der Waals surface area contributed by atoms with Gasteiger partial charge in [-0.15, -0.1) is 0 Å². The van der Waals surface area contributed by atoms with Crippen LogP contribution in [0.5, 0.6) is 0 Å². The van der Waals surface area contributed by atoms with Gasteiger partial charge >= 0.3 is 0 Å². The van der Waals surface area contributed by atoms with Crippen LogP contribution in [-0.2, 0) is 6.42 Å². The highest BCUT2D eigenvalue weighted by molar-refractivity contribution is 5.91. The van der Waals surface area contributed by atoms with Crippen molar-refractivity contribution in [3.8, 4) is 33.4 Å². The minimum absolute atomic E-state index is 0.740. The lowest BCUT2D eigenvalue weighted by molar-refractivity contribution is 0.507. The number of nitrogens with one attached hydrogen (secondary N) is 3. The average Bonchev–Trinajstić information content (AvgIpc) is 3.48. The van der Waals surface area contributed by atoms with E-state index in [-0.39, 0.29) is 0 Å². The van der Waals surface area contributed by atoms with Gasteiger partial charge in [-0.3, -0.25) is 0 Å². The number of rotatable bonds is 14. The number of nitrogens with zero attached hydrogens (tertiary/aromatic N) is 1. The first-order valence-electron chi connectivity index (χ1n) is 25.7. The standard InChI is InChI=1S/C70H60N4/c1-3-51(52-16-5-4-6-17-52)36-62(54-19-8-20-55(37-54)63-27-12-32-71-45-63)31-30-50-15-7-18-53(35-50)69-44-70(48-73-47-69)61-26-11-25-60(40-61)68-42-66(58-23-9-21-56(38-58)64-28-13-33-72-46-64)41-67(43-68)59-24-10-22-57(39-59)65-29-14-34-74(2)49-65/h3-29,31-32,35-44,46-47,49,71-73H,1,30,33-34,45,48H2,2H3/b51-36+,62-31+. The first-order chi connectivity index (χ1) is 36.5. The third-order valence-corrected chi connectivity index (χ3v) is 14.1. The van der Waals surface area contributed by atoms with Crippen molar-refractivity contribution in [3.05, 3.63) is 307 Å². The molecule has 0 aromatic heterocycles. The lowest BCUT2D eigenvalue weighted by Gasteiger charge is -2.19. The number of likely N-dealkylation sites (N-methyl/N-ethyl adjacent to an activating group) is 1. The number of hydrogen-bond acceptors (Lipinski definition) is 4. The summed E-state index contributed by atoms with van der Waals surface area (Å²) in [7, 11) is 2.13. The van der Waals surface area contributed by atoms with E-state index >= 15 is 0 Å². The molecule has 4 aliphatic rings. The minimum atomic E-state index is 0.740. The molecule has 74 heavy (non-hydrogen) atoms. The predicted octanol–water partition coefficient (Wildman–Crippen LogP) is 15.5. The summed E-state index contributed by atoms with van der Waals surface area (Å²) in [4.78, 5) is 2.23. The summed E-state index contributed by atoms with van der Waals surface area (Å²) in [5.74, 6) is 0. The lowest BCUT2D eigenvalue weighted by Crippen LogP contribution is -2.14. The second kappa shape index (κ2) is 22.1. The van der Waals surface area contributed by atoms with Crippen molar-refractivity contribution in [2.24, 2.45) is 0 Å². The molecule has 360 valence electrons. The van der Waals surface area contributed by atoms with Crippen LogP contribution in [0.15, 0.2) is 262 Å². The quantitative estimate of drug-likeness (QED) is 0.0950. The third-order valence-electron chi connectivity index (χ3n) is 14.1. The predicted molar refractivity (Wildman–Crippen MR) is 316 cm³/mol. The van der Waals surface area contributed by atoms with E-state index in [4.69, 9.17) is 0 Å². The maximum Gasteiger partial charge on any atom is 0.0401 e. The summed E-state index contributed by atoms with van der Waals surface area (Å²) in [6.07, 6.45) is 31.3. The van der Waals surface area contributed by atoms with E-state index in [1.165, 1.54) is 94.6 Å². The Morgan fingerprint density at radius 2 is 1.09 bits per heavy atom.